The summed E-state index contributed by atoms with van der Waals surface area (Å²) < 4.78 is 13.2. The van der Waals surface area contributed by atoms with Gasteiger partial charge in [-0.2, -0.15) is 5.10 Å². The van der Waals surface area contributed by atoms with Crippen molar-refractivity contribution in [1.29, 1.82) is 0 Å². The van der Waals surface area contributed by atoms with Crippen LogP contribution in [0.15, 0.2) is 73.1 Å². The van der Waals surface area contributed by atoms with Gasteiger partial charge in [0.1, 0.15) is 11.6 Å². The fourth-order valence-electron chi connectivity index (χ4n) is 3.44. The highest BCUT2D eigenvalue weighted by atomic mass is 19.1. The number of aliphatic hydroxyl groups excluding tert-OH is 1. The number of hydrogen-bond donors (Lipinski definition) is 3. The summed E-state index contributed by atoms with van der Waals surface area (Å²) in [4.78, 5) is 21.5. The number of hydrogen-bond acceptors (Lipinski definition) is 5. The number of aromatic amines is 1. The molecule has 0 spiro atoms. The summed E-state index contributed by atoms with van der Waals surface area (Å²) in [5.41, 5.74) is 3.24. The number of carbonyl (C=O) groups excluding carboxylic acids is 1. The van der Waals surface area contributed by atoms with E-state index in [0.29, 0.717) is 41.2 Å². The normalized spacial score (nSPS) is 11.8. The topological polar surface area (TPSA) is 104 Å². The highest BCUT2D eigenvalue weighted by Crippen LogP contribution is 2.26. The Labute approximate surface area is 184 Å². The quantitative estimate of drug-likeness (QED) is 0.397. The Hall–Kier alpha value is -3.91. The maximum absolute atomic E-state index is 13.2. The Bertz CT molecular complexity index is 1180. The lowest BCUT2D eigenvalue weighted by atomic mass is 10.0. The molecule has 0 radical (unpaired) electrons. The number of nitrogens with zero attached hydrogens (tertiary/aromatic N) is 3. The molecule has 1 amide bonds. The molecule has 0 fully saturated rings. The van der Waals surface area contributed by atoms with Crippen molar-refractivity contribution in [2.75, 3.05) is 6.61 Å². The number of aromatic nitrogens is 4. The summed E-state index contributed by atoms with van der Waals surface area (Å²) >= 11 is 0. The molecular formula is C24H22FN5O2. The Kier molecular flexibility index (Phi) is 6.62. The van der Waals surface area contributed by atoms with E-state index >= 15 is 0 Å². The predicted octanol–water partition coefficient (Wildman–Crippen LogP) is 3.40. The van der Waals surface area contributed by atoms with Crippen LogP contribution in [-0.2, 0) is 6.42 Å². The monoisotopic (exact) mass is 431 g/mol. The minimum atomic E-state index is -0.320. The van der Waals surface area contributed by atoms with Crippen LogP contribution in [0.3, 0.4) is 0 Å². The summed E-state index contributed by atoms with van der Waals surface area (Å²) in [5.74, 6) is 0.00909. The fourth-order valence-corrected chi connectivity index (χ4v) is 3.44. The maximum Gasteiger partial charge on any atom is 0.252 e. The maximum atomic E-state index is 13.2. The molecule has 8 heteroatoms. The lowest BCUT2D eigenvalue weighted by molar-refractivity contribution is 0.0930. The van der Waals surface area contributed by atoms with Gasteiger partial charge in [0.2, 0.25) is 0 Å². The van der Waals surface area contributed by atoms with Gasteiger partial charge < -0.3 is 10.4 Å². The van der Waals surface area contributed by atoms with Crippen LogP contribution in [-0.4, -0.2) is 43.8 Å². The molecule has 4 aromatic rings. The van der Waals surface area contributed by atoms with Crippen LogP contribution in [0.1, 0.15) is 22.6 Å². The molecule has 0 aliphatic heterocycles. The van der Waals surface area contributed by atoms with Crippen molar-refractivity contribution in [2.45, 2.75) is 18.9 Å². The van der Waals surface area contributed by atoms with E-state index in [2.05, 4.69) is 25.5 Å². The van der Waals surface area contributed by atoms with E-state index < -0.39 is 0 Å². The molecule has 2 heterocycles. The Morgan fingerprint density at radius 1 is 1.06 bits per heavy atom. The Morgan fingerprint density at radius 3 is 2.56 bits per heavy atom. The van der Waals surface area contributed by atoms with Crippen molar-refractivity contribution in [2.24, 2.45) is 0 Å². The van der Waals surface area contributed by atoms with Crippen LogP contribution < -0.4 is 5.32 Å². The first kappa shape index (κ1) is 21.3. The molecule has 0 aliphatic rings. The zero-order valence-corrected chi connectivity index (χ0v) is 17.2. The first-order chi connectivity index (χ1) is 15.6. The molecule has 0 saturated heterocycles. The van der Waals surface area contributed by atoms with E-state index in [1.54, 1.807) is 42.7 Å². The predicted molar refractivity (Wildman–Crippen MR) is 118 cm³/mol. The second-order valence-corrected chi connectivity index (χ2v) is 7.27. The van der Waals surface area contributed by atoms with Gasteiger partial charge in [-0.15, -0.1) is 0 Å². The van der Waals surface area contributed by atoms with Gasteiger partial charge in [-0.1, -0.05) is 18.2 Å². The molecule has 4 rings (SSSR count). The van der Waals surface area contributed by atoms with Crippen LogP contribution in [0.25, 0.3) is 22.5 Å². The summed E-state index contributed by atoms with van der Waals surface area (Å²) in [6, 6.07) is 16.5. The third kappa shape index (κ3) is 5.04. The van der Waals surface area contributed by atoms with Crippen molar-refractivity contribution in [3.05, 3.63) is 90.3 Å². The van der Waals surface area contributed by atoms with Crippen molar-refractivity contribution < 1.29 is 14.3 Å². The molecule has 7 nitrogen and oxygen atoms in total. The van der Waals surface area contributed by atoms with E-state index in [1.807, 2.05) is 18.2 Å². The van der Waals surface area contributed by atoms with E-state index in [-0.39, 0.29) is 24.4 Å². The molecule has 162 valence electrons. The number of nitrogens with one attached hydrogen (secondary N) is 2. The summed E-state index contributed by atoms with van der Waals surface area (Å²) in [7, 11) is 0. The number of carbonyl (C=O) groups is 1. The van der Waals surface area contributed by atoms with Gasteiger partial charge in [0.25, 0.3) is 5.91 Å². The van der Waals surface area contributed by atoms with Crippen molar-refractivity contribution in [3.8, 4) is 22.5 Å². The van der Waals surface area contributed by atoms with Crippen LogP contribution >= 0.6 is 0 Å². The molecule has 0 unspecified atom stereocenters. The number of benzene rings is 2. The van der Waals surface area contributed by atoms with Crippen molar-refractivity contribution in [1.82, 2.24) is 25.5 Å². The summed E-state index contributed by atoms with van der Waals surface area (Å²) in [5, 5.41) is 19.7. The van der Waals surface area contributed by atoms with Gasteiger partial charge in [-0.05, 0) is 48.9 Å². The highest BCUT2D eigenvalue weighted by molar-refractivity contribution is 6.00. The molecule has 0 saturated carbocycles. The van der Waals surface area contributed by atoms with Gasteiger partial charge in [-0.25, -0.2) is 14.4 Å². The highest BCUT2D eigenvalue weighted by Gasteiger charge is 2.19. The van der Waals surface area contributed by atoms with Gasteiger partial charge in [0.15, 0.2) is 0 Å². The van der Waals surface area contributed by atoms with Gasteiger partial charge in [0, 0.05) is 48.2 Å². The first-order valence-corrected chi connectivity index (χ1v) is 10.2. The molecule has 0 aliphatic carbocycles. The molecule has 3 N–H and O–H groups in total. The minimum Gasteiger partial charge on any atom is -0.396 e. The van der Waals surface area contributed by atoms with E-state index in [1.165, 1.54) is 12.1 Å². The minimum absolute atomic E-state index is 0.0684. The average Bonchev–Trinajstić information content (AvgIpc) is 3.30. The third-order valence-corrected chi connectivity index (χ3v) is 5.04. The lowest BCUT2D eigenvalue weighted by Crippen LogP contribution is -2.37. The molecule has 32 heavy (non-hydrogen) atoms. The SMILES string of the molecule is O=C(N[C@@H](CCO)Cc1ncccn1)c1ccccc1-c1cc(-c2ccc(F)cc2)n[nH]1. The molecule has 2 aromatic carbocycles. The number of amides is 1. The zero-order chi connectivity index (χ0) is 22.3. The van der Waals surface area contributed by atoms with E-state index in [4.69, 9.17) is 0 Å². The van der Waals surface area contributed by atoms with Gasteiger partial charge in [0.05, 0.1) is 11.4 Å². The first-order valence-electron chi connectivity index (χ1n) is 10.2. The standard InChI is InChI=1S/C24H22FN5O2/c25-17-8-6-16(7-9-17)21-15-22(30-29-21)19-4-1-2-5-20(19)24(32)28-18(10-13-31)14-23-26-11-3-12-27-23/h1-9,11-12,15,18,31H,10,13-14H2,(H,28,32)(H,29,30)/t18-/m0/s1. The lowest BCUT2D eigenvalue weighted by Gasteiger charge is -2.18. The number of rotatable bonds is 8. The van der Waals surface area contributed by atoms with Crippen LogP contribution in [0, 0.1) is 5.82 Å². The Morgan fingerprint density at radius 2 is 1.81 bits per heavy atom. The largest absolute Gasteiger partial charge is 0.396 e. The number of H-pyrrole nitrogens is 1. The van der Waals surface area contributed by atoms with E-state index in [9.17, 15) is 14.3 Å². The smallest absolute Gasteiger partial charge is 0.252 e. The summed E-state index contributed by atoms with van der Waals surface area (Å²) in [6.07, 6.45) is 4.08. The second-order valence-electron chi connectivity index (χ2n) is 7.27. The third-order valence-electron chi connectivity index (χ3n) is 5.04. The Balaban J connectivity index is 1.56. The number of aliphatic hydroxyl groups is 1. The fraction of sp³-hybridized carbons (Fsp3) is 0.167. The van der Waals surface area contributed by atoms with E-state index in [0.717, 1.165) is 5.56 Å². The van der Waals surface area contributed by atoms with Crippen molar-refractivity contribution >= 4 is 5.91 Å². The molecular weight excluding hydrogens is 409 g/mol. The van der Waals surface area contributed by atoms with Crippen molar-refractivity contribution in [3.63, 3.8) is 0 Å². The molecule has 1 atom stereocenters. The molecule has 2 aromatic heterocycles. The summed E-state index contributed by atoms with van der Waals surface area (Å²) in [6.45, 7) is -0.0684. The molecule has 0 bridgehead atoms. The average molecular weight is 431 g/mol. The second kappa shape index (κ2) is 9.93. The zero-order valence-electron chi connectivity index (χ0n) is 17.2. The number of halogens is 1. The van der Waals surface area contributed by atoms with Gasteiger partial charge in [-0.3, -0.25) is 9.89 Å². The van der Waals surface area contributed by atoms with Crippen LogP contribution in [0.5, 0.6) is 0 Å². The van der Waals surface area contributed by atoms with Gasteiger partial charge >= 0.3 is 0 Å². The van der Waals surface area contributed by atoms with Crippen LogP contribution in [0.2, 0.25) is 0 Å². The van der Waals surface area contributed by atoms with Crippen LogP contribution in [0.4, 0.5) is 4.39 Å².